The highest BCUT2D eigenvalue weighted by molar-refractivity contribution is 7.80. The molecule has 0 amide bonds. The lowest BCUT2D eigenvalue weighted by molar-refractivity contribution is -0.138. The lowest BCUT2D eigenvalue weighted by atomic mass is 10.4. The van der Waals surface area contributed by atoms with E-state index in [1.165, 1.54) is 0 Å². The summed E-state index contributed by atoms with van der Waals surface area (Å²) in [7, 11) is 0. The van der Waals surface area contributed by atoms with E-state index < -0.39 is 36.0 Å². The van der Waals surface area contributed by atoms with Gasteiger partial charge in [0, 0.05) is 17.3 Å². The van der Waals surface area contributed by atoms with Crippen molar-refractivity contribution in [1.82, 2.24) is 0 Å². The van der Waals surface area contributed by atoms with Gasteiger partial charge in [-0.15, -0.1) is 0 Å². The first-order valence-electron chi connectivity index (χ1n) is 5.32. The average molecular weight is 363 g/mol. The van der Waals surface area contributed by atoms with Gasteiger partial charge in [-0.1, -0.05) is 0 Å². The van der Waals surface area contributed by atoms with Gasteiger partial charge in [-0.05, 0) is 0 Å². The van der Waals surface area contributed by atoms with Crippen LogP contribution in [-0.2, 0) is 14.4 Å². The molecule has 9 N–H and O–H groups in total. The van der Waals surface area contributed by atoms with E-state index in [1.54, 1.807) is 0 Å². The topological polar surface area (TPSA) is 190 Å². The van der Waals surface area contributed by atoms with Gasteiger partial charge in [-0.2, -0.15) is 37.9 Å². The van der Waals surface area contributed by atoms with Crippen LogP contribution in [0.15, 0.2) is 0 Å². The molecule has 12 heteroatoms. The number of hydrogen-bond acceptors (Lipinski definition) is 9. The summed E-state index contributed by atoms with van der Waals surface area (Å²) in [6.07, 6.45) is 0. The fourth-order valence-electron chi connectivity index (χ4n) is 0.234. The smallest absolute Gasteiger partial charge is 0.321 e. The highest BCUT2D eigenvalue weighted by Crippen LogP contribution is 1.81. The van der Waals surface area contributed by atoms with Gasteiger partial charge in [0.2, 0.25) is 0 Å². The van der Waals surface area contributed by atoms with E-state index in [-0.39, 0.29) is 17.3 Å². The molecular formula is C9H21N3O6S3. The summed E-state index contributed by atoms with van der Waals surface area (Å²) < 4.78 is 0. The third-order valence-corrected chi connectivity index (χ3v) is 2.72. The van der Waals surface area contributed by atoms with Crippen molar-refractivity contribution in [2.24, 2.45) is 17.2 Å². The van der Waals surface area contributed by atoms with Gasteiger partial charge >= 0.3 is 17.9 Å². The Morgan fingerprint density at radius 3 is 0.810 bits per heavy atom. The normalized spacial score (nSPS) is 13.4. The van der Waals surface area contributed by atoms with E-state index in [0.29, 0.717) is 0 Å². The van der Waals surface area contributed by atoms with Crippen LogP contribution in [0, 0.1) is 0 Å². The number of hydrogen-bond donors (Lipinski definition) is 9. The summed E-state index contributed by atoms with van der Waals surface area (Å²) in [5.41, 5.74) is 14.8. The number of rotatable bonds is 6. The van der Waals surface area contributed by atoms with Crippen LogP contribution < -0.4 is 17.2 Å². The van der Waals surface area contributed by atoms with Gasteiger partial charge in [0.15, 0.2) is 0 Å². The van der Waals surface area contributed by atoms with Crippen LogP contribution in [0.4, 0.5) is 0 Å². The lowest BCUT2D eigenvalue weighted by Gasteiger charge is -1.96. The van der Waals surface area contributed by atoms with Crippen LogP contribution in [0.3, 0.4) is 0 Å². The maximum absolute atomic E-state index is 9.76. The van der Waals surface area contributed by atoms with E-state index >= 15 is 0 Å². The Kier molecular flexibility index (Phi) is 18.9. The minimum atomic E-state index is -1.00. The zero-order chi connectivity index (χ0) is 17.6. The highest BCUT2D eigenvalue weighted by atomic mass is 32.1. The molecule has 0 saturated carbocycles. The fourth-order valence-corrected chi connectivity index (χ4v) is 0.703. The predicted molar refractivity (Wildman–Crippen MR) is 88.4 cm³/mol. The molecule has 0 aliphatic rings. The molecule has 3 unspecified atom stereocenters. The monoisotopic (exact) mass is 363 g/mol. The number of thiol groups is 3. The van der Waals surface area contributed by atoms with E-state index in [1.807, 2.05) is 0 Å². The van der Waals surface area contributed by atoms with Gasteiger partial charge in [-0.25, -0.2) is 0 Å². The van der Waals surface area contributed by atoms with Crippen LogP contribution in [0.1, 0.15) is 0 Å². The summed E-state index contributed by atoms with van der Waals surface area (Å²) in [5.74, 6) is -2.44. The van der Waals surface area contributed by atoms with Crippen molar-refractivity contribution in [2.45, 2.75) is 18.1 Å². The van der Waals surface area contributed by atoms with Crippen molar-refractivity contribution in [3.63, 3.8) is 0 Å². The number of aliphatic carboxylic acids is 3. The Hall–Kier alpha value is -0.660. The van der Waals surface area contributed by atoms with Crippen LogP contribution in [0.5, 0.6) is 0 Å². The first kappa shape index (κ1) is 25.3. The summed E-state index contributed by atoms with van der Waals surface area (Å²) in [6.45, 7) is 0. The molecule has 0 bridgehead atoms. The summed E-state index contributed by atoms with van der Waals surface area (Å²) >= 11 is 10.9. The van der Waals surface area contributed by atoms with Crippen molar-refractivity contribution in [3.8, 4) is 0 Å². The quantitative estimate of drug-likeness (QED) is 0.240. The molecule has 21 heavy (non-hydrogen) atoms. The second-order valence-electron chi connectivity index (χ2n) is 3.38. The highest BCUT2D eigenvalue weighted by Gasteiger charge is 2.07. The second kappa shape index (κ2) is 15.7. The van der Waals surface area contributed by atoms with Crippen molar-refractivity contribution in [2.75, 3.05) is 17.3 Å². The molecule has 0 aliphatic heterocycles. The molecule has 0 aromatic heterocycles. The van der Waals surface area contributed by atoms with E-state index in [9.17, 15) is 14.4 Å². The molecule has 3 atom stereocenters. The largest absolute Gasteiger partial charge is 0.480 e. The summed E-state index contributed by atoms with van der Waals surface area (Å²) in [6, 6.07) is -2.45. The Morgan fingerprint density at radius 1 is 0.667 bits per heavy atom. The van der Waals surface area contributed by atoms with Crippen LogP contribution >= 0.6 is 37.9 Å². The summed E-state index contributed by atoms with van der Waals surface area (Å²) in [5, 5.41) is 24.0. The predicted octanol–water partition coefficient (Wildman–Crippen LogP) is -2.02. The van der Waals surface area contributed by atoms with Crippen molar-refractivity contribution in [1.29, 1.82) is 0 Å². The Labute approximate surface area is 138 Å². The number of carboxylic acid groups (broad SMARTS) is 3. The van der Waals surface area contributed by atoms with Crippen molar-refractivity contribution >= 4 is 55.8 Å². The molecule has 0 fully saturated rings. The Bertz CT molecular complexity index is 274. The SMILES string of the molecule is NC(CS)C(=O)O.NC(CS)C(=O)O.NC(CS)C(=O)O. The van der Waals surface area contributed by atoms with Gasteiger partial charge in [0.25, 0.3) is 0 Å². The second-order valence-corrected chi connectivity index (χ2v) is 4.48. The van der Waals surface area contributed by atoms with Crippen LogP contribution in [0.2, 0.25) is 0 Å². The average Bonchev–Trinajstić information content (AvgIpc) is 2.45. The molecule has 9 nitrogen and oxygen atoms in total. The first-order valence-corrected chi connectivity index (χ1v) is 7.22. The Morgan fingerprint density at radius 2 is 0.810 bits per heavy atom. The molecule has 126 valence electrons. The molecule has 0 saturated heterocycles. The van der Waals surface area contributed by atoms with E-state index in [0.717, 1.165) is 0 Å². The molecular weight excluding hydrogens is 342 g/mol. The molecule has 0 radical (unpaired) electrons. The van der Waals surface area contributed by atoms with Crippen LogP contribution in [-0.4, -0.2) is 68.6 Å². The van der Waals surface area contributed by atoms with E-state index in [4.69, 9.17) is 32.5 Å². The van der Waals surface area contributed by atoms with Gasteiger partial charge in [-0.3, -0.25) is 14.4 Å². The molecule has 0 rings (SSSR count). The molecule has 0 spiro atoms. The number of carboxylic acids is 3. The molecule has 0 heterocycles. The minimum absolute atomic E-state index is 0.190. The Balaban J connectivity index is -0.000000231. The zero-order valence-electron chi connectivity index (χ0n) is 11.0. The molecule has 0 aromatic carbocycles. The number of carbonyl (C=O) groups is 3. The third kappa shape index (κ3) is 19.3. The molecule has 0 aliphatic carbocycles. The minimum Gasteiger partial charge on any atom is -0.480 e. The third-order valence-electron chi connectivity index (χ3n) is 1.54. The first-order chi connectivity index (χ1) is 9.54. The zero-order valence-corrected chi connectivity index (χ0v) is 13.7. The maximum atomic E-state index is 9.76. The number of nitrogens with two attached hydrogens (primary N) is 3. The van der Waals surface area contributed by atoms with Crippen molar-refractivity contribution in [3.05, 3.63) is 0 Å². The fraction of sp³-hybridized carbons (Fsp3) is 0.667. The van der Waals surface area contributed by atoms with Crippen LogP contribution in [0.25, 0.3) is 0 Å². The van der Waals surface area contributed by atoms with Gasteiger partial charge < -0.3 is 32.5 Å². The van der Waals surface area contributed by atoms with E-state index in [2.05, 4.69) is 37.9 Å². The molecule has 0 aromatic rings. The maximum Gasteiger partial charge on any atom is 0.321 e. The van der Waals surface area contributed by atoms with Gasteiger partial charge in [0.1, 0.15) is 18.1 Å². The van der Waals surface area contributed by atoms with Gasteiger partial charge in [0.05, 0.1) is 0 Å². The van der Waals surface area contributed by atoms with Crippen molar-refractivity contribution < 1.29 is 29.7 Å². The lowest BCUT2D eigenvalue weighted by Crippen LogP contribution is -2.31. The summed E-state index contributed by atoms with van der Waals surface area (Å²) in [4.78, 5) is 29.3. The standard InChI is InChI=1S/3C3H7NO2S/c3*4-2(1-7)3(5)6/h3*2,7H,1,4H2,(H,5,6).